The molecule has 0 radical (unpaired) electrons. The number of nitrogens with zero attached hydrogens (tertiary/aromatic N) is 1. The number of methoxy groups -OCH3 is 1. The van der Waals surface area contributed by atoms with Gasteiger partial charge in [-0.05, 0) is 55.0 Å². The third kappa shape index (κ3) is 3.43. The maximum atomic E-state index is 13.0. The summed E-state index contributed by atoms with van der Waals surface area (Å²) in [4.78, 5) is 27.2. The van der Waals surface area contributed by atoms with Crippen molar-refractivity contribution in [1.29, 1.82) is 0 Å². The Balaban J connectivity index is 1.95. The SMILES string of the molecule is COc1cc(/C(O)=C2/C(=O)C(=O)N(c3cc(C)ccc3O)C2c2ccco2)ccc1Cl. The molecule has 1 aliphatic rings. The zero-order valence-electron chi connectivity index (χ0n) is 16.6. The molecule has 2 aromatic carbocycles. The van der Waals surface area contributed by atoms with Gasteiger partial charge in [0, 0.05) is 5.56 Å². The van der Waals surface area contributed by atoms with Gasteiger partial charge < -0.3 is 19.4 Å². The molecule has 1 amide bonds. The third-order valence-electron chi connectivity index (χ3n) is 5.07. The van der Waals surface area contributed by atoms with Crippen molar-refractivity contribution in [3.63, 3.8) is 0 Å². The summed E-state index contributed by atoms with van der Waals surface area (Å²) in [6.45, 7) is 1.79. The van der Waals surface area contributed by atoms with Crippen LogP contribution in [0.4, 0.5) is 5.69 Å². The zero-order chi connectivity index (χ0) is 22.3. The van der Waals surface area contributed by atoms with Gasteiger partial charge in [-0.15, -0.1) is 0 Å². The van der Waals surface area contributed by atoms with Crippen LogP contribution < -0.4 is 9.64 Å². The summed E-state index contributed by atoms with van der Waals surface area (Å²) in [5, 5.41) is 21.8. The van der Waals surface area contributed by atoms with Crippen molar-refractivity contribution in [2.75, 3.05) is 12.0 Å². The van der Waals surface area contributed by atoms with Crippen LogP contribution >= 0.6 is 11.6 Å². The molecule has 31 heavy (non-hydrogen) atoms. The van der Waals surface area contributed by atoms with E-state index in [2.05, 4.69) is 0 Å². The fourth-order valence-corrected chi connectivity index (χ4v) is 3.78. The van der Waals surface area contributed by atoms with E-state index in [1.807, 2.05) is 0 Å². The van der Waals surface area contributed by atoms with Gasteiger partial charge in [0.25, 0.3) is 11.7 Å². The highest BCUT2D eigenvalue weighted by Crippen LogP contribution is 2.45. The number of aromatic hydroxyl groups is 1. The number of aryl methyl sites for hydroxylation is 1. The number of phenols is 1. The first-order valence-corrected chi connectivity index (χ1v) is 9.69. The van der Waals surface area contributed by atoms with Gasteiger partial charge in [-0.25, -0.2) is 0 Å². The van der Waals surface area contributed by atoms with E-state index in [4.69, 9.17) is 20.8 Å². The fraction of sp³-hybridized carbons (Fsp3) is 0.130. The number of aliphatic hydroxyl groups is 1. The van der Waals surface area contributed by atoms with Gasteiger partial charge >= 0.3 is 0 Å². The number of phenolic OH excluding ortho intramolecular Hbond substituents is 1. The van der Waals surface area contributed by atoms with Crippen molar-refractivity contribution in [3.8, 4) is 11.5 Å². The van der Waals surface area contributed by atoms with Crippen molar-refractivity contribution in [2.45, 2.75) is 13.0 Å². The number of carbonyl (C=O) groups is 2. The molecule has 0 aliphatic carbocycles. The van der Waals surface area contributed by atoms with E-state index < -0.39 is 23.5 Å². The number of halogens is 1. The number of amides is 1. The Bertz CT molecular complexity index is 1210. The van der Waals surface area contributed by atoms with Crippen LogP contribution in [0.15, 0.2) is 64.8 Å². The monoisotopic (exact) mass is 439 g/mol. The Labute approximate surface area is 182 Å². The lowest BCUT2D eigenvalue weighted by Crippen LogP contribution is -2.29. The third-order valence-corrected chi connectivity index (χ3v) is 5.38. The quantitative estimate of drug-likeness (QED) is 0.350. The van der Waals surface area contributed by atoms with E-state index in [1.54, 1.807) is 31.2 Å². The average molecular weight is 440 g/mol. The molecule has 8 heteroatoms. The summed E-state index contributed by atoms with van der Waals surface area (Å²) in [5.74, 6) is -1.85. The van der Waals surface area contributed by atoms with Crippen LogP contribution in [0.1, 0.15) is 22.9 Å². The lowest BCUT2D eigenvalue weighted by atomic mass is 9.99. The van der Waals surface area contributed by atoms with Crippen molar-refractivity contribution in [2.24, 2.45) is 0 Å². The molecule has 0 saturated carbocycles. The number of furan rings is 1. The Hall–Kier alpha value is -3.71. The molecule has 1 aliphatic heterocycles. The number of hydrogen-bond acceptors (Lipinski definition) is 6. The molecular weight excluding hydrogens is 422 g/mol. The van der Waals surface area contributed by atoms with Crippen molar-refractivity contribution in [1.82, 2.24) is 0 Å². The molecule has 2 heterocycles. The van der Waals surface area contributed by atoms with Crippen molar-refractivity contribution in [3.05, 3.63) is 82.3 Å². The number of hydrogen-bond donors (Lipinski definition) is 2. The van der Waals surface area contributed by atoms with E-state index in [-0.39, 0.29) is 28.3 Å². The molecule has 1 aromatic heterocycles. The Morgan fingerprint density at radius 3 is 2.61 bits per heavy atom. The molecule has 1 unspecified atom stereocenters. The Kier molecular flexibility index (Phi) is 5.20. The van der Waals surface area contributed by atoms with E-state index >= 15 is 0 Å². The molecular formula is C23H18ClNO6. The van der Waals surface area contributed by atoms with E-state index in [1.165, 1.54) is 37.6 Å². The second kappa shape index (κ2) is 7.85. The highest BCUT2D eigenvalue weighted by molar-refractivity contribution is 6.51. The molecule has 4 rings (SSSR count). The zero-order valence-corrected chi connectivity index (χ0v) is 17.4. The number of rotatable bonds is 4. The van der Waals surface area contributed by atoms with Crippen molar-refractivity contribution >= 4 is 34.7 Å². The second-order valence-electron chi connectivity index (χ2n) is 7.03. The Morgan fingerprint density at radius 2 is 1.94 bits per heavy atom. The predicted molar refractivity (Wildman–Crippen MR) is 114 cm³/mol. The minimum atomic E-state index is -1.08. The van der Waals surface area contributed by atoms with E-state index in [0.29, 0.717) is 10.8 Å². The lowest BCUT2D eigenvalue weighted by molar-refractivity contribution is -0.132. The van der Waals surface area contributed by atoms with Gasteiger partial charge in [0.2, 0.25) is 0 Å². The number of carbonyl (C=O) groups excluding carboxylic acids is 2. The summed E-state index contributed by atoms with van der Waals surface area (Å²) in [6, 6.07) is 11.3. The number of anilines is 1. The maximum Gasteiger partial charge on any atom is 0.300 e. The molecule has 0 bridgehead atoms. The second-order valence-corrected chi connectivity index (χ2v) is 7.43. The summed E-state index contributed by atoms with van der Waals surface area (Å²) >= 11 is 6.06. The van der Waals surface area contributed by atoms with Crippen LogP contribution in [-0.4, -0.2) is 29.0 Å². The van der Waals surface area contributed by atoms with Crippen LogP contribution in [0.2, 0.25) is 5.02 Å². The van der Waals surface area contributed by atoms with Gasteiger partial charge in [0.15, 0.2) is 0 Å². The van der Waals surface area contributed by atoms with Crippen LogP contribution in [0.5, 0.6) is 11.5 Å². The summed E-state index contributed by atoms with van der Waals surface area (Å²) in [5.41, 5.74) is 0.973. The maximum absolute atomic E-state index is 13.0. The largest absolute Gasteiger partial charge is 0.507 e. The van der Waals surface area contributed by atoms with Crippen LogP contribution in [0, 0.1) is 6.92 Å². The number of benzene rings is 2. The van der Waals surface area contributed by atoms with Gasteiger partial charge in [-0.1, -0.05) is 17.7 Å². The standard InChI is InChI=1S/C23H18ClNO6/c1-12-5-8-16(26)15(10-12)25-20(17-4-3-9-31-17)19(22(28)23(25)29)21(27)13-6-7-14(24)18(11-13)30-2/h3-11,20,26-27H,1-2H3/b21-19-. The van der Waals surface area contributed by atoms with Gasteiger partial charge in [0.05, 0.1) is 29.7 Å². The molecule has 7 nitrogen and oxygen atoms in total. The first-order valence-electron chi connectivity index (χ1n) is 9.31. The van der Waals surface area contributed by atoms with Crippen LogP contribution in [0.25, 0.3) is 5.76 Å². The highest BCUT2D eigenvalue weighted by atomic mass is 35.5. The summed E-state index contributed by atoms with van der Waals surface area (Å²) in [7, 11) is 1.42. The molecule has 1 saturated heterocycles. The molecule has 158 valence electrons. The minimum absolute atomic E-state index is 0.135. The highest BCUT2D eigenvalue weighted by Gasteiger charge is 2.49. The lowest BCUT2D eigenvalue weighted by Gasteiger charge is -2.24. The molecule has 1 atom stereocenters. The fourth-order valence-electron chi connectivity index (χ4n) is 3.59. The summed E-state index contributed by atoms with van der Waals surface area (Å²) < 4.78 is 10.7. The van der Waals surface area contributed by atoms with Gasteiger partial charge in [-0.3, -0.25) is 14.5 Å². The van der Waals surface area contributed by atoms with Crippen LogP contribution in [0.3, 0.4) is 0 Å². The average Bonchev–Trinajstić information content (AvgIpc) is 3.37. The first kappa shape index (κ1) is 20.6. The number of aliphatic hydroxyl groups excluding tert-OH is 1. The van der Waals surface area contributed by atoms with Crippen LogP contribution in [-0.2, 0) is 9.59 Å². The summed E-state index contributed by atoms with van der Waals surface area (Å²) in [6.07, 6.45) is 1.40. The minimum Gasteiger partial charge on any atom is -0.507 e. The smallest absolute Gasteiger partial charge is 0.300 e. The number of ketones is 1. The number of ether oxygens (including phenoxy) is 1. The van der Waals surface area contributed by atoms with E-state index in [0.717, 1.165) is 10.5 Å². The predicted octanol–water partition coefficient (Wildman–Crippen LogP) is 4.58. The number of Topliss-reactive ketones (excluding diaryl/α,β-unsaturated/α-hetero) is 1. The van der Waals surface area contributed by atoms with Crippen molar-refractivity contribution < 1.29 is 29.0 Å². The first-order chi connectivity index (χ1) is 14.8. The topological polar surface area (TPSA) is 100 Å². The normalized spacial score (nSPS) is 17.9. The Morgan fingerprint density at radius 1 is 1.16 bits per heavy atom. The van der Waals surface area contributed by atoms with E-state index in [9.17, 15) is 19.8 Å². The van der Waals surface area contributed by atoms with Gasteiger partial charge in [0.1, 0.15) is 29.1 Å². The molecule has 0 spiro atoms. The van der Waals surface area contributed by atoms with Gasteiger partial charge in [-0.2, -0.15) is 0 Å². The molecule has 1 fully saturated rings. The molecule has 2 N–H and O–H groups in total. The molecule has 3 aromatic rings.